The Morgan fingerprint density at radius 2 is 1.67 bits per heavy atom. The third-order valence-corrected chi connectivity index (χ3v) is 5.44. The third kappa shape index (κ3) is 1.73. The van der Waals surface area contributed by atoms with Gasteiger partial charge in [0.25, 0.3) is 0 Å². The molecule has 2 heteroatoms. The number of hydrogen-bond acceptors (Lipinski definition) is 2. The summed E-state index contributed by atoms with van der Waals surface area (Å²) in [6.45, 7) is 2.12. The third-order valence-electron chi connectivity index (χ3n) is 5.44. The van der Waals surface area contributed by atoms with Crippen LogP contribution in [0.3, 0.4) is 0 Å². The van der Waals surface area contributed by atoms with Crippen molar-refractivity contribution in [3.8, 4) is 0 Å². The van der Waals surface area contributed by atoms with Gasteiger partial charge in [-0.3, -0.25) is 4.98 Å². The Balaban J connectivity index is 1.55. The lowest BCUT2D eigenvalue weighted by Crippen LogP contribution is -2.51. The van der Waals surface area contributed by atoms with E-state index in [1.54, 1.807) is 0 Å². The van der Waals surface area contributed by atoms with E-state index in [0.717, 1.165) is 29.7 Å². The minimum atomic E-state index is 0.724. The molecule has 4 bridgehead atoms. The molecule has 1 aromatic rings. The molecule has 0 aromatic carbocycles. The molecule has 0 atom stereocenters. The van der Waals surface area contributed by atoms with E-state index in [0.29, 0.717) is 0 Å². The molecule has 96 valence electrons. The summed E-state index contributed by atoms with van der Waals surface area (Å²) < 4.78 is 0. The summed E-state index contributed by atoms with van der Waals surface area (Å²) in [7, 11) is 0. The van der Waals surface area contributed by atoms with Crippen LogP contribution in [0.2, 0.25) is 0 Å². The molecule has 0 unspecified atom stereocenters. The van der Waals surface area contributed by atoms with Crippen molar-refractivity contribution < 1.29 is 0 Å². The van der Waals surface area contributed by atoms with Gasteiger partial charge >= 0.3 is 0 Å². The minimum absolute atomic E-state index is 0.724. The van der Waals surface area contributed by atoms with Crippen molar-refractivity contribution in [3.63, 3.8) is 0 Å². The van der Waals surface area contributed by atoms with Crippen LogP contribution < -0.4 is 5.32 Å². The highest BCUT2D eigenvalue weighted by atomic mass is 15.0. The summed E-state index contributed by atoms with van der Waals surface area (Å²) >= 11 is 0. The minimum Gasteiger partial charge on any atom is -0.381 e. The van der Waals surface area contributed by atoms with E-state index < -0.39 is 0 Å². The topological polar surface area (TPSA) is 24.9 Å². The SMILES string of the molecule is Cc1cncc(NC2C3CC4CC(C3)CC2C4)c1. The van der Waals surface area contributed by atoms with Gasteiger partial charge in [0.15, 0.2) is 0 Å². The maximum atomic E-state index is 4.30. The van der Waals surface area contributed by atoms with Crippen molar-refractivity contribution in [2.45, 2.75) is 45.1 Å². The molecule has 1 aromatic heterocycles. The van der Waals surface area contributed by atoms with E-state index in [1.807, 2.05) is 12.4 Å². The highest BCUT2D eigenvalue weighted by Crippen LogP contribution is 2.54. The second-order valence-corrected chi connectivity index (χ2v) is 6.85. The van der Waals surface area contributed by atoms with Crippen LogP contribution in [-0.2, 0) is 0 Å². The molecule has 4 saturated carbocycles. The van der Waals surface area contributed by atoms with Gasteiger partial charge in [0.1, 0.15) is 0 Å². The van der Waals surface area contributed by atoms with Crippen molar-refractivity contribution >= 4 is 5.69 Å². The summed E-state index contributed by atoms with van der Waals surface area (Å²) in [5, 5.41) is 3.80. The summed E-state index contributed by atoms with van der Waals surface area (Å²) in [6.07, 6.45) is 11.4. The average Bonchev–Trinajstić information content (AvgIpc) is 2.33. The summed E-state index contributed by atoms with van der Waals surface area (Å²) in [5.41, 5.74) is 2.48. The van der Waals surface area contributed by atoms with Crippen molar-refractivity contribution in [3.05, 3.63) is 24.0 Å². The summed E-state index contributed by atoms with van der Waals surface area (Å²) in [4.78, 5) is 4.30. The first-order valence-corrected chi connectivity index (χ1v) is 7.46. The average molecular weight is 242 g/mol. The standard InChI is InChI=1S/C16H22N2/c1-10-2-15(9-17-8-10)18-16-13-4-11-3-12(6-13)7-14(16)5-11/h2,8-9,11-14,16,18H,3-7H2,1H3. The van der Waals surface area contributed by atoms with Gasteiger partial charge < -0.3 is 5.32 Å². The second kappa shape index (κ2) is 3.97. The van der Waals surface area contributed by atoms with Crippen LogP contribution in [0, 0.1) is 30.6 Å². The molecule has 4 aliphatic rings. The van der Waals surface area contributed by atoms with Crippen LogP contribution >= 0.6 is 0 Å². The Hall–Kier alpha value is -1.05. The first-order valence-electron chi connectivity index (χ1n) is 7.46. The highest BCUT2D eigenvalue weighted by molar-refractivity contribution is 5.44. The molecule has 5 rings (SSSR count). The van der Waals surface area contributed by atoms with Gasteiger partial charge in [-0.2, -0.15) is 0 Å². The van der Waals surface area contributed by atoms with Crippen LogP contribution in [0.5, 0.6) is 0 Å². The Kier molecular flexibility index (Phi) is 2.39. The second-order valence-electron chi connectivity index (χ2n) is 6.85. The predicted octanol–water partition coefficient (Wildman–Crippen LogP) is 3.63. The van der Waals surface area contributed by atoms with Gasteiger partial charge in [-0.05, 0) is 74.3 Å². The molecule has 0 amide bonds. The Morgan fingerprint density at radius 3 is 2.28 bits per heavy atom. The molecule has 0 saturated heterocycles. The fourth-order valence-corrected chi connectivity index (χ4v) is 4.99. The molecule has 4 aliphatic carbocycles. The maximum absolute atomic E-state index is 4.30. The monoisotopic (exact) mass is 242 g/mol. The Labute approximate surface area is 109 Å². The number of anilines is 1. The fraction of sp³-hybridized carbons (Fsp3) is 0.688. The number of hydrogen-bond donors (Lipinski definition) is 1. The predicted molar refractivity (Wildman–Crippen MR) is 73.4 cm³/mol. The lowest BCUT2D eigenvalue weighted by molar-refractivity contribution is 0.00753. The number of rotatable bonds is 2. The van der Waals surface area contributed by atoms with Crippen LogP contribution in [0.25, 0.3) is 0 Å². The quantitative estimate of drug-likeness (QED) is 0.856. The van der Waals surface area contributed by atoms with Crippen LogP contribution in [-0.4, -0.2) is 11.0 Å². The van der Waals surface area contributed by atoms with E-state index in [2.05, 4.69) is 23.3 Å². The number of aryl methyl sites for hydroxylation is 1. The van der Waals surface area contributed by atoms with Gasteiger partial charge in [-0.15, -0.1) is 0 Å². The van der Waals surface area contributed by atoms with Gasteiger partial charge in [-0.25, -0.2) is 0 Å². The van der Waals surface area contributed by atoms with Crippen molar-refractivity contribution in [1.82, 2.24) is 4.98 Å². The molecule has 2 nitrogen and oxygen atoms in total. The molecule has 1 N–H and O–H groups in total. The molecule has 4 fully saturated rings. The molecule has 0 radical (unpaired) electrons. The molecular weight excluding hydrogens is 220 g/mol. The first kappa shape index (κ1) is 10.8. The lowest BCUT2D eigenvalue weighted by Gasteiger charge is -2.54. The first-order chi connectivity index (χ1) is 8.78. The van der Waals surface area contributed by atoms with Gasteiger partial charge in [0, 0.05) is 18.4 Å². The smallest absolute Gasteiger partial charge is 0.0531 e. The summed E-state index contributed by atoms with van der Waals surface area (Å²) in [5.74, 6) is 3.98. The number of aromatic nitrogens is 1. The largest absolute Gasteiger partial charge is 0.381 e. The Morgan fingerprint density at radius 1 is 1.00 bits per heavy atom. The van der Waals surface area contributed by atoms with Crippen LogP contribution in [0.1, 0.15) is 37.7 Å². The maximum Gasteiger partial charge on any atom is 0.0531 e. The van der Waals surface area contributed by atoms with Crippen molar-refractivity contribution in [1.29, 1.82) is 0 Å². The zero-order valence-electron chi connectivity index (χ0n) is 11.1. The molecular formula is C16H22N2. The van der Waals surface area contributed by atoms with Crippen LogP contribution in [0.4, 0.5) is 5.69 Å². The Bertz CT molecular complexity index is 426. The van der Waals surface area contributed by atoms with E-state index in [4.69, 9.17) is 0 Å². The number of nitrogens with zero attached hydrogens (tertiary/aromatic N) is 1. The zero-order chi connectivity index (χ0) is 12.1. The normalized spacial score (nSPS) is 41.1. The number of pyridine rings is 1. The lowest BCUT2D eigenvalue weighted by atomic mass is 9.54. The van der Waals surface area contributed by atoms with E-state index in [1.165, 1.54) is 43.4 Å². The fourth-order valence-electron chi connectivity index (χ4n) is 4.99. The molecule has 0 spiro atoms. The number of nitrogens with one attached hydrogen (secondary N) is 1. The molecule has 1 heterocycles. The van der Waals surface area contributed by atoms with E-state index in [-0.39, 0.29) is 0 Å². The van der Waals surface area contributed by atoms with Crippen LogP contribution in [0.15, 0.2) is 18.5 Å². The molecule has 0 aliphatic heterocycles. The van der Waals surface area contributed by atoms with E-state index in [9.17, 15) is 0 Å². The van der Waals surface area contributed by atoms with Gasteiger partial charge in [0.2, 0.25) is 0 Å². The summed E-state index contributed by atoms with van der Waals surface area (Å²) in [6, 6.07) is 2.96. The van der Waals surface area contributed by atoms with Crippen molar-refractivity contribution in [2.75, 3.05) is 5.32 Å². The van der Waals surface area contributed by atoms with Crippen molar-refractivity contribution in [2.24, 2.45) is 23.7 Å². The van der Waals surface area contributed by atoms with E-state index >= 15 is 0 Å². The van der Waals surface area contributed by atoms with Gasteiger partial charge in [0.05, 0.1) is 5.69 Å². The van der Waals surface area contributed by atoms with Gasteiger partial charge in [-0.1, -0.05) is 0 Å². The molecule has 18 heavy (non-hydrogen) atoms. The highest BCUT2D eigenvalue weighted by Gasteiger charge is 2.48. The zero-order valence-corrected chi connectivity index (χ0v) is 11.1.